The largest absolute Gasteiger partial charge is 0.347 e. The Morgan fingerprint density at radius 1 is 0.520 bits per heavy atom. The first kappa shape index (κ1) is 17.7. The van der Waals surface area contributed by atoms with Crippen LogP contribution in [0.25, 0.3) is 22.3 Å². The van der Waals surface area contributed by atoms with Crippen LogP contribution >= 0.6 is 0 Å². The van der Waals surface area contributed by atoms with Crippen LogP contribution in [0, 0.1) is 27.7 Å². The Balaban J connectivity index is 2.38. The summed E-state index contributed by atoms with van der Waals surface area (Å²) < 4.78 is 0. The van der Waals surface area contributed by atoms with Crippen molar-refractivity contribution in [1.29, 1.82) is 0 Å². The van der Waals surface area contributed by atoms with Gasteiger partial charge in [-0.3, -0.25) is 0 Å². The van der Waals surface area contributed by atoms with E-state index in [9.17, 15) is 0 Å². The van der Waals surface area contributed by atoms with Gasteiger partial charge in [0.05, 0.1) is 13.1 Å². The molecule has 0 saturated carbocycles. The summed E-state index contributed by atoms with van der Waals surface area (Å²) in [6.45, 7) is 13.7. The van der Waals surface area contributed by atoms with Crippen LogP contribution in [0.1, 0.15) is 22.3 Å². The summed E-state index contributed by atoms with van der Waals surface area (Å²) in [5.74, 6) is 0. The zero-order chi connectivity index (χ0) is 18.1. The Hall–Kier alpha value is -2.12. The van der Waals surface area contributed by atoms with Crippen LogP contribution in [0.5, 0.6) is 0 Å². The number of benzene rings is 3. The van der Waals surface area contributed by atoms with E-state index in [2.05, 4.69) is 95.4 Å². The molecule has 0 radical (unpaired) electrons. The standard InChI is InChI=1S/C24H27Si/c1-16-10-7-11-17(2)22(16)20-14-9-15-21(24(20)25(5)6)23-18(3)12-8-13-19(23)4/h7-15H,1-6H3/q+1. The first-order valence-corrected chi connectivity index (χ1v) is 11.5. The van der Waals surface area contributed by atoms with E-state index >= 15 is 0 Å². The summed E-state index contributed by atoms with van der Waals surface area (Å²) in [7, 11) is -0.632. The SMILES string of the molecule is Cc1cccc(C)c1-c1cccc(-c2c(C)cccc2C)c1[Si+](C)C. The third kappa shape index (κ3) is 3.21. The van der Waals surface area contributed by atoms with Gasteiger partial charge >= 0.3 is 8.80 Å². The average molecular weight is 344 g/mol. The van der Waals surface area contributed by atoms with Gasteiger partial charge in [0.1, 0.15) is 5.19 Å². The molecule has 0 saturated heterocycles. The van der Waals surface area contributed by atoms with E-state index in [0.29, 0.717) is 0 Å². The molecule has 0 nitrogen and oxygen atoms in total. The second-order valence-electron chi connectivity index (χ2n) is 7.26. The molecule has 0 aliphatic heterocycles. The van der Waals surface area contributed by atoms with Gasteiger partial charge in [-0.15, -0.1) is 0 Å². The smallest absolute Gasteiger partial charge is 0.0617 e. The Labute approximate surface area is 154 Å². The van der Waals surface area contributed by atoms with Crippen molar-refractivity contribution in [3.63, 3.8) is 0 Å². The van der Waals surface area contributed by atoms with Crippen molar-refractivity contribution in [2.45, 2.75) is 40.8 Å². The normalized spacial score (nSPS) is 10.8. The van der Waals surface area contributed by atoms with Crippen LogP contribution in [0.4, 0.5) is 0 Å². The van der Waals surface area contributed by atoms with Crippen molar-refractivity contribution in [1.82, 2.24) is 0 Å². The maximum absolute atomic E-state index is 2.41. The topological polar surface area (TPSA) is 0 Å². The van der Waals surface area contributed by atoms with E-state index in [1.807, 2.05) is 0 Å². The molecule has 0 aliphatic carbocycles. The Morgan fingerprint density at radius 3 is 1.16 bits per heavy atom. The highest BCUT2D eigenvalue weighted by molar-refractivity contribution is 6.73. The molecule has 0 fully saturated rings. The minimum absolute atomic E-state index is 0.632. The molecule has 0 bridgehead atoms. The molecule has 3 rings (SSSR count). The van der Waals surface area contributed by atoms with E-state index in [1.54, 1.807) is 5.19 Å². The number of aryl methyl sites for hydroxylation is 4. The number of rotatable bonds is 3. The van der Waals surface area contributed by atoms with Crippen LogP contribution < -0.4 is 5.19 Å². The zero-order valence-corrected chi connectivity index (χ0v) is 17.2. The Morgan fingerprint density at radius 2 is 0.840 bits per heavy atom. The van der Waals surface area contributed by atoms with Crippen molar-refractivity contribution in [2.24, 2.45) is 0 Å². The fraction of sp³-hybridized carbons (Fsp3) is 0.250. The molecular formula is C24H27Si+. The minimum atomic E-state index is -0.632. The average Bonchev–Trinajstić information content (AvgIpc) is 2.54. The van der Waals surface area contributed by atoms with E-state index in [-0.39, 0.29) is 0 Å². The molecule has 0 spiro atoms. The number of hydrogen-bond donors (Lipinski definition) is 0. The number of hydrogen-bond acceptors (Lipinski definition) is 0. The highest BCUT2D eigenvalue weighted by atomic mass is 28.3. The molecule has 3 aromatic carbocycles. The molecule has 0 N–H and O–H groups in total. The summed E-state index contributed by atoms with van der Waals surface area (Å²) in [5.41, 5.74) is 11.1. The first-order valence-electron chi connectivity index (χ1n) is 8.98. The lowest BCUT2D eigenvalue weighted by Crippen LogP contribution is -2.28. The molecule has 25 heavy (non-hydrogen) atoms. The van der Waals surface area contributed by atoms with Crippen LogP contribution in [0.2, 0.25) is 13.1 Å². The van der Waals surface area contributed by atoms with Crippen LogP contribution in [0.15, 0.2) is 54.6 Å². The molecule has 0 atom stereocenters. The predicted molar refractivity (Wildman–Crippen MR) is 113 cm³/mol. The van der Waals surface area contributed by atoms with Gasteiger partial charge in [0, 0.05) is 11.1 Å². The Kier molecular flexibility index (Phi) is 4.96. The predicted octanol–water partition coefficient (Wildman–Crippen LogP) is 6.22. The second kappa shape index (κ2) is 7.01. The molecule has 3 aromatic rings. The summed E-state index contributed by atoms with van der Waals surface area (Å²) in [6, 6.07) is 20.1. The molecule has 0 amide bonds. The van der Waals surface area contributed by atoms with Gasteiger partial charge < -0.3 is 0 Å². The van der Waals surface area contributed by atoms with E-state index in [0.717, 1.165) is 0 Å². The monoisotopic (exact) mass is 343 g/mol. The van der Waals surface area contributed by atoms with Crippen LogP contribution in [0.3, 0.4) is 0 Å². The summed E-state index contributed by atoms with van der Waals surface area (Å²) in [5, 5.41) is 1.56. The zero-order valence-electron chi connectivity index (χ0n) is 16.2. The van der Waals surface area contributed by atoms with Gasteiger partial charge in [0.25, 0.3) is 0 Å². The molecule has 1 heteroatoms. The van der Waals surface area contributed by atoms with Crippen molar-refractivity contribution in [3.8, 4) is 22.3 Å². The lowest BCUT2D eigenvalue weighted by Gasteiger charge is -2.17. The fourth-order valence-corrected chi connectivity index (χ4v) is 5.48. The molecule has 126 valence electrons. The molecule has 0 aromatic heterocycles. The summed E-state index contributed by atoms with van der Waals surface area (Å²) in [6.07, 6.45) is 0. The van der Waals surface area contributed by atoms with E-state index in [1.165, 1.54) is 44.5 Å². The van der Waals surface area contributed by atoms with Crippen molar-refractivity contribution in [3.05, 3.63) is 76.9 Å². The lowest BCUT2D eigenvalue weighted by atomic mass is 9.90. The van der Waals surface area contributed by atoms with E-state index in [4.69, 9.17) is 0 Å². The highest BCUT2D eigenvalue weighted by Crippen LogP contribution is 2.32. The quantitative estimate of drug-likeness (QED) is 0.496. The molecule has 0 unspecified atom stereocenters. The molecule has 0 heterocycles. The molecule has 0 aliphatic rings. The first-order chi connectivity index (χ1) is 11.9. The maximum atomic E-state index is 2.41. The summed E-state index contributed by atoms with van der Waals surface area (Å²) >= 11 is 0. The highest BCUT2D eigenvalue weighted by Gasteiger charge is 2.28. The van der Waals surface area contributed by atoms with Crippen molar-refractivity contribution < 1.29 is 0 Å². The van der Waals surface area contributed by atoms with Gasteiger partial charge in [-0.2, -0.15) is 0 Å². The maximum Gasteiger partial charge on any atom is 0.347 e. The Bertz CT molecular complexity index is 809. The lowest BCUT2D eigenvalue weighted by molar-refractivity contribution is 1.37. The van der Waals surface area contributed by atoms with Crippen LogP contribution in [-0.4, -0.2) is 8.80 Å². The van der Waals surface area contributed by atoms with Crippen LogP contribution in [-0.2, 0) is 0 Å². The van der Waals surface area contributed by atoms with Gasteiger partial charge in [-0.05, 0) is 61.1 Å². The van der Waals surface area contributed by atoms with Crippen molar-refractivity contribution in [2.75, 3.05) is 0 Å². The summed E-state index contributed by atoms with van der Waals surface area (Å²) in [4.78, 5) is 0. The van der Waals surface area contributed by atoms with Gasteiger partial charge in [0.2, 0.25) is 0 Å². The van der Waals surface area contributed by atoms with Gasteiger partial charge in [0.15, 0.2) is 0 Å². The third-order valence-electron chi connectivity index (χ3n) is 5.07. The van der Waals surface area contributed by atoms with Crippen molar-refractivity contribution >= 4 is 14.0 Å². The van der Waals surface area contributed by atoms with Gasteiger partial charge in [-0.1, -0.05) is 54.6 Å². The van der Waals surface area contributed by atoms with Gasteiger partial charge in [-0.25, -0.2) is 0 Å². The minimum Gasteiger partial charge on any atom is -0.0617 e. The third-order valence-corrected chi connectivity index (χ3v) is 6.60. The van der Waals surface area contributed by atoms with E-state index < -0.39 is 8.80 Å². The second-order valence-corrected chi connectivity index (χ2v) is 9.76. The molecular weight excluding hydrogens is 316 g/mol. The fourth-order valence-electron chi connectivity index (χ4n) is 3.99.